The van der Waals surface area contributed by atoms with Crippen molar-refractivity contribution in [2.24, 2.45) is 5.92 Å². The van der Waals surface area contributed by atoms with E-state index in [2.05, 4.69) is 83.1 Å². The molecule has 1 aromatic heterocycles. The molecule has 30 heavy (non-hydrogen) atoms. The Balaban J connectivity index is 1.30. The van der Waals surface area contributed by atoms with E-state index < -0.39 is 0 Å². The Morgan fingerprint density at radius 1 is 0.967 bits per heavy atom. The number of carbonyl (C=O) groups excluding carboxylic acids is 1. The van der Waals surface area contributed by atoms with Gasteiger partial charge in [-0.05, 0) is 60.4 Å². The summed E-state index contributed by atoms with van der Waals surface area (Å²) in [6.45, 7) is 0.705. The topological polar surface area (TPSA) is 42.0 Å². The van der Waals surface area contributed by atoms with Crippen LogP contribution in [0.25, 0.3) is 0 Å². The summed E-state index contributed by atoms with van der Waals surface area (Å²) in [7, 11) is 0. The molecule has 2 aromatic carbocycles. The molecule has 1 aliphatic rings. The molecule has 1 unspecified atom stereocenters. The van der Waals surface area contributed by atoms with Crippen molar-refractivity contribution in [3.05, 3.63) is 114 Å². The van der Waals surface area contributed by atoms with Crippen LogP contribution in [-0.2, 0) is 16.6 Å². The SMILES string of the molecule is O=C(C=CC1CC1(c1ccccc1)c1ccccc1)NCCCCc1cccnc1. The zero-order valence-corrected chi connectivity index (χ0v) is 17.2. The highest BCUT2D eigenvalue weighted by molar-refractivity contribution is 5.87. The molecule has 0 aliphatic heterocycles. The molecule has 1 aliphatic carbocycles. The van der Waals surface area contributed by atoms with Crippen molar-refractivity contribution in [2.75, 3.05) is 6.54 Å². The van der Waals surface area contributed by atoms with Gasteiger partial charge in [0.25, 0.3) is 0 Å². The number of benzene rings is 2. The van der Waals surface area contributed by atoms with Gasteiger partial charge in [0.15, 0.2) is 0 Å². The average molecular weight is 397 g/mol. The number of carbonyl (C=O) groups is 1. The molecule has 1 amide bonds. The second kappa shape index (κ2) is 9.53. The third-order valence-electron chi connectivity index (χ3n) is 5.99. The van der Waals surface area contributed by atoms with Crippen LogP contribution in [0, 0.1) is 5.92 Å². The zero-order valence-electron chi connectivity index (χ0n) is 17.2. The second-order valence-electron chi connectivity index (χ2n) is 7.98. The highest BCUT2D eigenvalue weighted by Crippen LogP contribution is 2.59. The predicted octanol–water partition coefficient (Wildman–Crippen LogP) is 5.08. The van der Waals surface area contributed by atoms with Crippen LogP contribution in [0.1, 0.15) is 36.0 Å². The fourth-order valence-electron chi connectivity index (χ4n) is 4.30. The van der Waals surface area contributed by atoms with Gasteiger partial charge in [-0.25, -0.2) is 0 Å². The maximum Gasteiger partial charge on any atom is 0.243 e. The van der Waals surface area contributed by atoms with E-state index in [1.54, 1.807) is 12.3 Å². The Morgan fingerprint density at radius 2 is 1.67 bits per heavy atom. The Kier molecular flexibility index (Phi) is 6.38. The lowest BCUT2D eigenvalue weighted by atomic mass is 9.85. The molecule has 0 saturated heterocycles. The normalized spacial score (nSPS) is 17.0. The summed E-state index contributed by atoms with van der Waals surface area (Å²) in [5, 5.41) is 3.02. The molecular formula is C27H28N2O. The first kappa shape index (κ1) is 20.1. The number of unbranched alkanes of at least 4 members (excludes halogenated alkanes) is 1. The van der Waals surface area contributed by atoms with Crippen molar-refractivity contribution in [2.45, 2.75) is 31.1 Å². The molecule has 4 rings (SSSR count). The van der Waals surface area contributed by atoms with Crippen LogP contribution in [0.3, 0.4) is 0 Å². The molecule has 0 spiro atoms. The summed E-state index contributed by atoms with van der Waals surface area (Å²) in [4.78, 5) is 16.4. The molecule has 1 N–H and O–H groups in total. The molecule has 152 valence electrons. The number of nitrogens with one attached hydrogen (secondary N) is 1. The van der Waals surface area contributed by atoms with Gasteiger partial charge in [0.05, 0.1) is 0 Å². The van der Waals surface area contributed by atoms with Crippen molar-refractivity contribution in [1.29, 1.82) is 0 Å². The average Bonchev–Trinajstić information content (AvgIpc) is 3.55. The molecule has 0 bridgehead atoms. The monoisotopic (exact) mass is 396 g/mol. The summed E-state index contributed by atoms with van der Waals surface area (Å²) in [5.41, 5.74) is 3.88. The molecular weight excluding hydrogens is 368 g/mol. The van der Waals surface area contributed by atoms with Gasteiger partial charge in [0.2, 0.25) is 5.91 Å². The number of hydrogen-bond acceptors (Lipinski definition) is 2. The molecule has 3 heteroatoms. The maximum atomic E-state index is 12.3. The predicted molar refractivity (Wildman–Crippen MR) is 121 cm³/mol. The first-order valence-corrected chi connectivity index (χ1v) is 10.7. The minimum Gasteiger partial charge on any atom is -0.353 e. The third-order valence-corrected chi connectivity index (χ3v) is 5.99. The Morgan fingerprint density at radius 3 is 2.30 bits per heavy atom. The highest BCUT2D eigenvalue weighted by atomic mass is 16.1. The van der Waals surface area contributed by atoms with E-state index >= 15 is 0 Å². The standard InChI is InChI=1S/C27H28N2O/c30-26(29-19-8-7-10-22-11-9-18-28-21-22)17-16-25-20-27(25,23-12-3-1-4-13-23)24-14-5-2-6-15-24/h1-6,9,11-18,21,25H,7-8,10,19-20H2,(H,29,30). The van der Waals surface area contributed by atoms with Crippen molar-refractivity contribution >= 4 is 5.91 Å². The lowest BCUT2D eigenvalue weighted by molar-refractivity contribution is -0.116. The highest BCUT2D eigenvalue weighted by Gasteiger charge is 2.54. The van der Waals surface area contributed by atoms with E-state index in [9.17, 15) is 4.79 Å². The van der Waals surface area contributed by atoms with Crippen molar-refractivity contribution in [3.8, 4) is 0 Å². The van der Waals surface area contributed by atoms with Gasteiger partial charge in [-0.15, -0.1) is 0 Å². The van der Waals surface area contributed by atoms with Crippen LogP contribution < -0.4 is 5.32 Å². The minimum absolute atomic E-state index is 0.00157. The van der Waals surface area contributed by atoms with Gasteiger partial charge in [-0.3, -0.25) is 9.78 Å². The summed E-state index contributed by atoms with van der Waals surface area (Å²) in [6.07, 6.45) is 11.6. The van der Waals surface area contributed by atoms with E-state index in [0.29, 0.717) is 12.5 Å². The van der Waals surface area contributed by atoms with Crippen LogP contribution in [0.5, 0.6) is 0 Å². The van der Waals surface area contributed by atoms with Crippen molar-refractivity contribution in [3.63, 3.8) is 0 Å². The van der Waals surface area contributed by atoms with Gasteiger partial charge in [-0.1, -0.05) is 72.8 Å². The van der Waals surface area contributed by atoms with Gasteiger partial charge >= 0.3 is 0 Å². The summed E-state index contributed by atoms with van der Waals surface area (Å²) in [5.74, 6) is 0.344. The molecule has 1 fully saturated rings. The number of rotatable bonds is 9. The smallest absolute Gasteiger partial charge is 0.243 e. The van der Waals surface area contributed by atoms with Crippen LogP contribution in [-0.4, -0.2) is 17.4 Å². The number of pyridine rings is 1. The largest absolute Gasteiger partial charge is 0.353 e. The molecule has 1 saturated carbocycles. The number of hydrogen-bond donors (Lipinski definition) is 1. The minimum atomic E-state index is -0.0109. The maximum absolute atomic E-state index is 12.3. The molecule has 0 radical (unpaired) electrons. The summed E-state index contributed by atoms with van der Waals surface area (Å²) < 4.78 is 0. The molecule has 1 heterocycles. The lowest BCUT2D eigenvalue weighted by Crippen LogP contribution is -2.22. The number of amides is 1. The van der Waals surface area contributed by atoms with E-state index in [-0.39, 0.29) is 11.3 Å². The van der Waals surface area contributed by atoms with Gasteiger partial charge < -0.3 is 5.32 Å². The van der Waals surface area contributed by atoms with Gasteiger partial charge in [-0.2, -0.15) is 0 Å². The first-order valence-electron chi connectivity index (χ1n) is 10.7. The van der Waals surface area contributed by atoms with Crippen LogP contribution in [0.15, 0.2) is 97.3 Å². The molecule has 3 nitrogen and oxygen atoms in total. The molecule has 3 aromatic rings. The van der Waals surface area contributed by atoms with Crippen molar-refractivity contribution in [1.82, 2.24) is 10.3 Å². The van der Waals surface area contributed by atoms with Crippen LogP contribution >= 0.6 is 0 Å². The second-order valence-corrected chi connectivity index (χ2v) is 7.98. The number of aromatic nitrogens is 1. The zero-order chi connectivity index (χ0) is 20.7. The fourth-order valence-corrected chi connectivity index (χ4v) is 4.30. The Labute approximate surface area is 178 Å². The summed E-state index contributed by atoms with van der Waals surface area (Å²) >= 11 is 0. The van der Waals surface area contributed by atoms with Crippen molar-refractivity contribution < 1.29 is 4.79 Å². The van der Waals surface area contributed by atoms with E-state index in [4.69, 9.17) is 0 Å². The third kappa shape index (κ3) is 4.68. The van der Waals surface area contributed by atoms with E-state index in [1.165, 1.54) is 16.7 Å². The van der Waals surface area contributed by atoms with E-state index in [0.717, 1.165) is 25.7 Å². The van der Waals surface area contributed by atoms with Crippen LogP contribution in [0.4, 0.5) is 0 Å². The van der Waals surface area contributed by atoms with E-state index in [1.807, 2.05) is 12.3 Å². The van der Waals surface area contributed by atoms with Gasteiger partial charge in [0.1, 0.15) is 0 Å². The van der Waals surface area contributed by atoms with Gasteiger partial charge in [0, 0.05) is 24.4 Å². The summed E-state index contributed by atoms with van der Waals surface area (Å²) in [6, 6.07) is 25.3. The fraction of sp³-hybridized carbons (Fsp3) is 0.259. The number of nitrogens with zero attached hydrogens (tertiary/aromatic N) is 1. The van der Waals surface area contributed by atoms with Crippen LogP contribution in [0.2, 0.25) is 0 Å². The lowest BCUT2D eigenvalue weighted by Gasteiger charge is -2.18. The molecule has 1 atom stereocenters. The quantitative estimate of drug-likeness (QED) is 0.405. The first-order chi connectivity index (χ1) is 14.8. The number of aryl methyl sites for hydroxylation is 1. The Bertz CT molecular complexity index is 928. The number of allylic oxidation sites excluding steroid dienone is 1. The Hall–Kier alpha value is -3.20.